The van der Waals surface area contributed by atoms with E-state index < -0.39 is 0 Å². The van der Waals surface area contributed by atoms with Gasteiger partial charge in [-0.15, -0.1) is 0 Å². The number of rotatable bonds is 3. The van der Waals surface area contributed by atoms with Gasteiger partial charge in [-0.1, -0.05) is 6.92 Å². The first-order valence-electron chi connectivity index (χ1n) is 5.25. The average molecular weight is 213 g/mol. The number of hydrogen-bond donors (Lipinski definition) is 2. The third-order valence-electron chi connectivity index (χ3n) is 2.52. The summed E-state index contributed by atoms with van der Waals surface area (Å²) in [6.07, 6.45) is 0.967. The maximum absolute atomic E-state index is 10.9. The minimum absolute atomic E-state index is 0.0203. The Morgan fingerprint density at radius 3 is 2.67 bits per heavy atom. The number of nitrogens with two attached hydrogens (primary N) is 1. The Morgan fingerprint density at radius 2 is 2.13 bits per heavy atom. The number of amides is 2. The van der Waals surface area contributed by atoms with Crippen molar-refractivity contribution >= 4 is 11.8 Å². The molecule has 0 spiro atoms. The Morgan fingerprint density at radius 1 is 1.47 bits per heavy atom. The largest absolute Gasteiger partial charge is 0.369 e. The van der Waals surface area contributed by atoms with Crippen LogP contribution in [-0.2, 0) is 9.59 Å². The van der Waals surface area contributed by atoms with E-state index in [1.54, 1.807) is 0 Å². The van der Waals surface area contributed by atoms with E-state index in [9.17, 15) is 9.59 Å². The normalized spacial score (nSPS) is 27.3. The molecule has 0 bridgehead atoms. The fraction of sp³-hybridized carbons (Fsp3) is 0.800. The van der Waals surface area contributed by atoms with Crippen molar-refractivity contribution in [3.63, 3.8) is 0 Å². The molecular weight excluding hydrogens is 194 g/mol. The highest BCUT2D eigenvalue weighted by Gasteiger charge is 2.25. The summed E-state index contributed by atoms with van der Waals surface area (Å²) in [6, 6.07) is 0.144. The van der Waals surface area contributed by atoms with Crippen LogP contribution in [0.3, 0.4) is 0 Å². The van der Waals surface area contributed by atoms with Crippen molar-refractivity contribution in [2.24, 2.45) is 11.7 Å². The highest BCUT2D eigenvalue weighted by Crippen LogP contribution is 2.15. The number of carbonyl (C=O) groups excluding carboxylic acids is 2. The zero-order chi connectivity index (χ0) is 11.4. The molecule has 1 fully saturated rings. The molecule has 2 amide bonds. The Hall–Kier alpha value is -1.10. The lowest BCUT2D eigenvalue weighted by atomic mass is 9.96. The van der Waals surface area contributed by atoms with E-state index in [2.05, 4.69) is 12.2 Å². The van der Waals surface area contributed by atoms with Crippen molar-refractivity contribution in [2.75, 3.05) is 19.6 Å². The third-order valence-corrected chi connectivity index (χ3v) is 2.52. The monoisotopic (exact) mass is 213 g/mol. The molecule has 0 radical (unpaired) electrons. The Kier molecular flexibility index (Phi) is 4.08. The first kappa shape index (κ1) is 12.0. The van der Waals surface area contributed by atoms with Crippen LogP contribution in [-0.4, -0.2) is 42.4 Å². The molecule has 0 aliphatic carbocycles. The van der Waals surface area contributed by atoms with E-state index in [0.717, 1.165) is 13.0 Å². The number of primary amides is 1. The summed E-state index contributed by atoms with van der Waals surface area (Å²) in [5.74, 6) is 0.147. The molecule has 0 aromatic carbocycles. The molecule has 0 aromatic heterocycles. The van der Waals surface area contributed by atoms with Crippen LogP contribution in [0, 0.1) is 5.92 Å². The first-order valence-corrected chi connectivity index (χ1v) is 5.25. The number of likely N-dealkylation sites (tertiary alicyclic amines) is 1. The minimum Gasteiger partial charge on any atom is -0.369 e. The van der Waals surface area contributed by atoms with Crippen molar-refractivity contribution in [1.29, 1.82) is 0 Å². The summed E-state index contributed by atoms with van der Waals surface area (Å²) < 4.78 is 0. The Balaban J connectivity index is 2.47. The van der Waals surface area contributed by atoms with Crippen molar-refractivity contribution in [3.8, 4) is 0 Å². The molecule has 1 heterocycles. The van der Waals surface area contributed by atoms with Crippen LogP contribution in [0.5, 0.6) is 0 Å². The van der Waals surface area contributed by atoms with Gasteiger partial charge >= 0.3 is 0 Å². The SMILES string of the molecule is CC(=O)NC1CC(C)CN(CC(N)=O)C1. The molecule has 15 heavy (non-hydrogen) atoms. The van der Waals surface area contributed by atoms with Crippen LogP contribution in [0.25, 0.3) is 0 Å². The quantitative estimate of drug-likeness (QED) is 0.652. The van der Waals surface area contributed by atoms with Gasteiger partial charge in [0.2, 0.25) is 11.8 Å². The van der Waals surface area contributed by atoms with Gasteiger partial charge in [0, 0.05) is 26.1 Å². The van der Waals surface area contributed by atoms with Gasteiger partial charge in [0.05, 0.1) is 6.54 Å². The highest BCUT2D eigenvalue weighted by atomic mass is 16.2. The lowest BCUT2D eigenvalue weighted by Crippen LogP contribution is -2.51. The van der Waals surface area contributed by atoms with Crippen molar-refractivity contribution in [2.45, 2.75) is 26.3 Å². The van der Waals surface area contributed by atoms with Crippen molar-refractivity contribution < 1.29 is 9.59 Å². The molecule has 0 aromatic rings. The number of piperidine rings is 1. The molecule has 2 unspecified atom stereocenters. The molecule has 1 rings (SSSR count). The molecule has 1 aliphatic heterocycles. The molecule has 2 atom stereocenters. The van der Waals surface area contributed by atoms with E-state index in [4.69, 9.17) is 5.73 Å². The van der Waals surface area contributed by atoms with E-state index in [1.165, 1.54) is 6.92 Å². The average Bonchev–Trinajstić information content (AvgIpc) is 1.98. The minimum atomic E-state index is -0.314. The molecule has 1 aliphatic rings. The van der Waals surface area contributed by atoms with Gasteiger partial charge in [-0.2, -0.15) is 0 Å². The summed E-state index contributed by atoms with van der Waals surface area (Å²) >= 11 is 0. The van der Waals surface area contributed by atoms with Gasteiger partial charge < -0.3 is 11.1 Å². The number of carbonyl (C=O) groups is 2. The topological polar surface area (TPSA) is 75.4 Å². The maximum atomic E-state index is 10.9. The second kappa shape index (κ2) is 5.11. The standard InChI is InChI=1S/C10H19N3O2/c1-7-3-9(12-8(2)14)5-13(4-7)6-10(11)15/h7,9H,3-6H2,1-2H3,(H2,11,15)(H,12,14). The van der Waals surface area contributed by atoms with Crippen molar-refractivity contribution in [3.05, 3.63) is 0 Å². The fourth-order valence-corrected chi connectivity index (χ4v) is 2.20. The van der Waals surface area contributed by atoms with E-state index in [1.807, 2.05) is 4.90 Å². The van der Waals surface area contributed by atoms with Crippen LogP contribution in [0.1, 0.15) is 20.3 Å². The second-order valence-corrected chi connectivity index (χ2v) is 4.40. The van der Waals surface area contributed by atoms with Crippen LogP contribution in [0.2, 0.25) is 0 Å². The van der Waals surface area contributed by atoms with Gasteiger partial charge in [-0.25, -0.2) is 0 Å². The van der Waals surface area contributed by atoms with E-state index >= 15 is 0 Å². The molecule has 3 N–H and O–H groups in total. The molecule has 86 valence electrons. The van der Waals surface area contributed by atoms with Gasteiger partial charge in [-0.05, 0) is 12.3 Å². The molecule has 1 saturated heterocycles. The maximum Gasteiger partial charge on any atom is 0.231 e. The summed E-state index contributed by atoms with van der Waals surface area (Å²) in [6.45, 7) is 5.49. The number of nitrogens with one attached hydrogen (secondary N) is 1. The summed E-state index contributed by atoms with van der Waals surface area (Å²) in [5.41, 5.74) is 5.15. The van der Waals surface area contributed by atoms with Gasteiger partial charge in [0.1, 0.15) is 0 Å². The summed E-state index contributed by atoms with van der Waals surface area (Å²) in [4.78, 5) is 23.7. The van der Waals surface area contributed by atoms with Crippen molar-refractivity contribution in [1.82, 2.24) is 10.2 Å². The fourth-order valence-electron chi connectivity index (χ4n) is 2.20. The van der Waals surface area contributed by atoms with Crippen LogP contribution in [0.15, 0.2) is 0 Å². The third kappa shape index (κ3) is 4.29. The second-order valence-electron chi connectivity index (χ2n) is 4.40. The van der Waals surface area contributed by atoms with Gasteiger partial charge in [-0.3, -0.25) is 14.5 Å². The van der Waals surface area contributed by atoms with E-state index in [-0.39, 0.29) is 24.4 Å². The summed E-state index contributed by atoms with van der Waals surface area (Å²) in [7, 11) is 0. The smallest absolute Gasteiger partial charge is 0.231 e. The summed E-state index contributed by atoms with van der Waals surface area (Å²) in [5, 5.41) is 2.88. The molecule has 5 nitrogen and oxygen atoms in total. The highest BCUT2D eigenvalue weighted by molar-refractivity contribution is 5.76. The molecular formula is C10H19N3O2. The van der Waals surface area contributed by atoms with E-state index in [0.29, 0.717) is 12.5 Å². The Labute approximate surface area is 90.0 Å². The number of hydrogen-bond acceptors (Lipinski definition) is 3. The molecule has 5 heteroatoms. The predicted octanol–water partition coefficient (Wildman–Crippen LogP) is -0.682. The predicted molar refractivity (Wildman–Crippen MR) is 57.0 cm³/mol. The van der Waals surface area contributed by atoms with Crippen LogP contribution in [0.4, 0.5) is 0 Å². The first-order chi connectivity index (χ1) is 6.97. The van der Waals surface area contributed by atoms with Crippen LogP contribution < -0.4 is 11.1 Å². The number of nitrogens with zero attached hydrogens (tertiary/aromatic N) is 1. The lowest BCUT2D eigenvalue weighted by Gasteiger charge is -2.35. The zero-order valence-corrected chi connectivity index (χ0v) is 9.32. The van der Waals surface area contributed by atoms with Crippen LogP contribution >= 0.6 is 0 Å². The zero-order valence-electron chi connectivity index (χ0n) is 9.32. The molecule has 0 saturated carbocycles. The van der Waals surface area contributed by atoms with Gasteiger partial charge in [0.15, 0.2) is 0 Å². The lowest BCUT2D eigenvalue weighted by molar-refractivity contribution is -0.120. The van der Waals surface area contributed by atoms with Gasteiger partial charge in [0.25, 0.3) is 0 Å². The Bertz CT molecular complexity index is 231.